The Morgan fingerprint density at radius 1 is 1.42 bits per heavy atom. The smallest absolute Gasteiger partial charge is 0.246 e. The number of carbonyl (C=O) groups excluding carboxylic acids is 1. The molecular weight excluding hydrogens is 242 g/mol. The van der Waals surface area contributed by atoms with E-state index in [1.165, 1.54) is 0 Å². The van der Waals surface area contributed by atoms with Gasteiger partial charge < -0.3 is 9.84 Å². The second kappa shape index (κ2) is 5.65. The molecule has 1 aromatic heterocycles. The van der Waals surface area contributed by atoms with E-state index in [1.54, 1.807) is 0 Å². The van der Waals surface area contributed by atoms with Gasteiger partial charge in [-0.05, 0) is 13.0 Å². The normalized spacial score (nSPS) is 10.7. The van der Waals surface area contributed by atoms with Crippen molar-refractivity contribution in [3.8, 4) is 11.4 Å². The number of hydrogen-bond acceptors (Lipinski definition) is 4. The minimum atomic E-state index is -0.0563. The summed E-state index contributed by atoms with van der Waals surface area (Å²) in [5, 5.41) is 6.65. The Labute approximate surface area is 112 Å². The van der Waals surface area contributed by atoms with E-state index in [9.17, 15) is 4.79 Å². The van der Waals surface area contributed by atoms with Crippen LogP contribution < -0.4 is 5.32 Å². The van der Waals surface area contributed by atoms with Gasteiger partial charge in [0, 0.05) is 11.5 Å². The third-order valence-corrected chi connectivity index (χ3v) is 2.68. The first-order chi connectivity index (χ1) is 9.06. The number of rotatable bonds is 4. The molecule has 0 fully saturated rings. The Morgan fingerprint density at radius 2 is 2.21 bits per heavy atom. The van der Waals surface area contributed by atoms with E-state index in [0.717, 1.165) is 11.1 Å². The molecule has 2 rings (SSSR count). The van der Waals surface area contributed by atoms with Crippen molar-refractivity contribution in [3.05, 3.63) is 35.7 Å². The number of nitrogens with one attached hydrogen (secondary N) is 1. The van der Waals surface area contributed by atoms with Crippen LogP contribution in [0.5, 0.6) is 0 Å². The van der Waals surface area contributed by atoms with Crippen LogP contribution >= 0.6 is 0 Å². The van der Waals surface area contributed by atoms with Crippen molar-refractivity contribution in [2.75, 3.05) is 0 Å². The molecular formula is C14H17N3O2. The SMILES string of the molecule is Cc1cccc(-c2noc(CNC(=O)C(C)C)n2)c1. The Balaban J connectivity index is 2.05. The summed E-state index contributed by atoms with van der Waals surface area (Å²) in [6.07, 6.45) is 0. The molecule has 5 nitrogen and oxygen atoms in total. The van der Waals surface area contributed by atoms with E-state index in [1.807, 2.05) is 45.0 Å². The first kappa shape index (κ1) is 13.3. The largest absolute Gasteiger partial charge is 0.347 e. The zero-order valence-electron chi connectivity index (χ0n) is 11.3. The third kappa shape index (κ3) is 3.40. The average molecular weight is 259 g/mol. The molecule has 100 valence electrons. The van der Waals surface area contributed by atoms with E-state index in [0.29, 0.717) is 11.7 Å². The first-order valence-electron chi connectivity index (χ1n) is 6.23. The predicted molar refractivity (Wildman–Crippen MR) is 71.2 cm³/mol. The predicted octanol–water partition coefficient (Wildman–Crippen LogP) is 2.32. The molecule has 0 bridgehead atoms. The lowest BCUT2D eigenvalue weighted by molar-refractivity contribution is -0.124. The lowest BCUT2D eigenvalue weighted by atomic mass is 10.1. The molecule has 0 unspecified atom stereocenters. The molecule has 0 saturated carbocycles. The number of hydrogen-bond donors (Lipinski definition) is 1. The van der Waals surface area contributed by atoms with Crippen LogP contribution in [0.3, 0.4) is 0 Å². The van der Waals surface area contributed by atoms with Crippen LogP contribution in [0.4, 0.5) is 0 Å². The lowest BCUT2D eigenvalue weighted by Gasteiger charge is -2.03. The summed E-state index contributed by atoms with van der Waals surface area (Å²) in [6.45, 7) is 5.94. The van der Waals surface area contributed by atoms with Gasteiger partial charge in [-0.3, -0.25) is 4.79 Å². The Kier molecular flexibility index (Phi) is 3.94. The van der Waals surface area contributed by atoms with Crippen LogP contribution in [-0.2, 0) is 11.3 Å². The van der Waals surface area contributed by atoms with Crippen molar-refractivity contribution in [1.82, 2.24) is 15.5 Å². The molecule has 0 spiro atoms. The zero-order chi connectivity index (χ0) is 13.8. The van der Waals surface area contributed by atoms with Gasteiger partial charge in [0.1, 0.15) is 0 Å². The zero-order valence-corrected chi connectivity index (χ0v) is 11.3. The summed E-state index contributed by atoms with van der Waals surface area (Å²) in [7, 11) is 0. The number of amides is 1. The van der Waals surface area contributed by atoms with Gasteiger partial charge in [0.15, 0.2) is 0 Å². The van der Waals surface area contributed by atoms with Crippen LogP contribution in [0.15, 0.2) is 28.8 Å². The Hall–Kier alpha value is -2.17. The van der Waals surface area contributed by atoms with E-state index in [-0.39, 0.29) is 18.4 Å². The minimum Gasteiger partial charge on any atom is -0.347 e. The molecule has 0 atom stereocenters. The van der Waals surface area contributed by atoms with Gasteiger partial charge in [-0.1, -0.05) is 42.8 Å². The third-order valence-electron chi connectivity index (χ3n) is 2.68. The van der Waals surface area contributed by atoms with E-state index < -0.39 is 0 Å². The maximum Gasteiger partial charge on any atom is 0.246 e. The van der Waals surface area contributed by atoms with Crippen molar-refractivity contribution >= 4 is 5.91 Å². The molecule has 1 N–H and O–H groups in total. The van der Waals surface area contributed by atoms with E-state index >= 15 is 0 Å². The summed E-state index contributed by atoms with van der Waals surface area (Å²) in [5.41, 5.74) is 2.04. The molecule has 2 aromatic rings. The van der Waals surface area contributed by atoms with Gasteiger partial charge >= 0.3 is 0 Å². The summed E-state index contributed by atoms with van der Waals surface area (Å²) < 4.78 is 5.11. The van der Waals surface area contributed by atoms with Gasteiger partial charge in [0.2, 0.25) is 17.6 Å². The minimum absolute atomic E-state index is 0.0321. The van der Waals surface area contributed by atoms with Gasteiger partial charge in [-0.2, -0.15) is 4.98 Å². The fourth-order valence-corrected chi connectivity index (χ4v) is 1.59. The van der Waals surface area contributed by atoms with Gasteiger partial charge in [-0.15, -0.1) is 0 Å². The molecule has 1 amide bonds. The van der Waals surface area contributed by atoms with Gasteiger partial charge in [0.05, 0.1) is 6.54 Å². The van der Waals surface area contributed by atoms with Crippen LogP contribution in [0.25, 0.3) is 11.4 Å². The molecule has 5 heteroatoms. The monoisotopic (exact) mass is 259 g/mol. The number of benzene rings is 1. The molecule has 1 aromatic carbocycles. The number of aryl methyl sites for hydroxylation is 1. The highest BCUT2D eigenvalue weighted by atomic mass is 16.5. The van der Waals surface area contributed by atoms with Crippen LogP contribution in [0.2, 0.25) is 0 Å². The van der Waals surface area contributed by atoms with Crippen LogP contribution in [-0.4, -0.2) is 16.0 Å². The van der Waals surface area contributed by atoms with Crippen molar-refractivity contribution in [3.63, 3.8) is 0 Å². The fourth-order valence-electron chi connectivity index (χ4n) is 1.59. The highest BCUT2D eigenvalue weighted by Crippen LogP contribution is 2.16. The number of carbonyl (C=O) groups is 1. The molecule has 0 aliphatic heterocycles. The van der Waals surface area contributed by atoms with Crippen molar-refractivity contribution < 1.29 is 9.32 Å². The second-order valence-electron chi connectivity index (χ2n) is 4.75. The summed E-state index contributed by atoms with van der Waals surface area (Å²) in [5.74, 6) is 0.859. The quantitative estimate of drug-likeness (QED) is 0.914. The summed E-state index contributed by atoms with van der Waals surface area (Å²) in [4.78, 5) is 15.7. The maximum absolute atomic E-state index is 11.4. The van der Waals surface area contributed by atoms with Crippen molar-refractivity contribution in [2.45, 2.75) is 27.3 Å². The van der Waals surface area contributed by atoms with E-state index in [2.05, 4.69) is 15.5 Å². The Bertz CT molecular complexity index is 576. The van der Waals surface area contributed by atoms with Crippen molar-refractivity contribution in [1.29, 1.82) is 0 Å². The van der Waals surface area contributed by atoms with E-state index in [4.69, 9.17) is 4.52 Å². The standard InChI is InChI=1S/C14H17N3O2/c1-9(2)14(18)15-8-12-16-13(17-19-12)11-6-4-5-10(3)7-11/h4-7,9H,8H2,1-3H3,(H,15,18). The van der Waals surface area contributed by atoms with Crippen molar-refractivity contribution in [2.24, 2.45) is 5.92 Å². The molecule has 0 aliphatic rings. The summed E-state index contributed by atoms with van der Waals surface area (Å²) in [6, 6.07) is 7.87. The number of nitrogens with zero attached hydrogens (tertiary/aromatic N) is 2. The van der Waals surface area contributed by atoms with Gasteiger partial charge in [0.25, 0.3) is 0 Å². The molecule has 0 saturated heterocycles. The topological polar surface area (TPSA) is 68.0 Å². The lowest BCUT2D eigenvalue weighted by Crippen LogP contribution is -2.27. The highest BCUT2D eigenvalue weighted by Gasteiger charge is 2.11. The van der Waals surface area contributed by atoms with Crippen LogP contribution in [0.1, 0.15) is 25.3 Å². The van der Waals surface area contributed by atoms with Gasteiger partial charge in [-0.25, -0.2) is 0 Å². The molecule has 19 heavy (non-hydrogen) atoms. The maximum atomic E-state index is 11.4. The number of aromatic nitrogens is 2. The average Bonchev–Trinajstić information content (AvgIpc) is 2.84. The Morgan fingerprint density at radius 3 is 2.89 bits per heavy atom. The molecule has 0 radical (unpaired) electrons. The van der Waals surface area contributed by atoms with Crippen LogP contribution in [0, 0.1) is 12.8 Å². The highest BCUT2D eigenvalue weighted by molar-refractivity contribution is 5.77. The molecule has 0 aliphatic carbocycles. The fraction of sp³-hybridized carbons (Fsp3) is 0.357. The molecule has 1 heterocycles. The summed E-state index contributed by atoms with van der Waals surface area (Å²) >= 11 is 0. The second-order valence-corrected chi connectivity index (χ2v) is 4.75. The first-order valence-corrected chi connectivity index (χ1v) is 6.23.